The number of rotatable bonds is 6. The Morgan fingerprint density at radius 1 is 1.15 bits per heavy atom. The Kier molecular flexibility index (Phi) is 5.64. The maximum Gasteiger partial charge on any atom is 0.0701 e. The van der Waals surface area contributed by atoms with Crippen LogP contribution in [-0.4, -0.2) is 20.6 Å². The Balaban J connectivity index is 2.15. The lowest BCUT2D eigenvalue weighted by molar-refractivity contribution is 0.553. The van der Waals surface area contributed by atoms with Crippen LogP contribution >= 0.6 is 27.3 Å². The number of benzene rings is 1. The Morgan fingerprint density at radius 3 is 2.35 bits per heavy atom. The van der Waals surface area contributed by atoms with Gasteiger partial charge >= 0.3 is 0 Å². The molecule has 0 bridgehead atoms. The van der Waals surface area contributed by atoms with Crippen LogP contribution in [0.3, 0.4) is 0 Å². The molecule has 1 N–H and O–H groups in total. The molecule has 0 aliphatic rings. The monoisotopic (exact) mass is 352 g/mol. The molecule has 4 heteroatoms. The minimum atomic E-state index is 0.377. The zero-order valence-corrected chi connectivity index (χ0v) is 14.6. The standard InChI is InChI=1S/C16H21BrN2S/c1-4-18-15(11-14-9-10-16(17)20-14)12-5-7-13(8-6-12)19(2)3/h5-10,15,18H,4,11H2,1-3H3. The summed E-state index contributed by atoms with van der Waals surface area (Å²) in [4.78, 5) is 3.53. The number of thiophene rings is 1. The fourth-order valence-corrected chi connectivity index (χ4v) is 3.75. The van der Waals surface area contributed by atoms with Crippen LogP contribution in [0.5, 0.6) is 0 Å². The summed E-state index contributed by atoms with van der Waals surface area (Å²) in [6, 6.07) is 13.5. The Labute approximate surface area is 133 Å². The predicted octanol–water partition coefficient (Wildman–Crippen LogP) is 4.47. The van der Waals surface area contributed by atoms with Crippen LogP contribution in [0.4, 0.5) is 5.69 Å². The minimum Gasteiger partial charge on any atom is -0.378 e. The highest BCUT2D eigenvalue weighted by Crippen LogP contribution is 2.27. The lowest BCUT2D eigenvalue weighted by Crippen LogP contribution is -2.22. The molecule has 2 rings (SSSR count). The van der Waals surface area contributed by atoms with Crippen molar-refractivity contribution in [2.45, 2.75) is 19.4 Å². The summed E-state index contributed by atoms with van der Waals surface area (Å²) >= 11 is 5.35. The van der Waals surface area contributed by atoms with Gasteiger partial charge in [-0.3, -0.25) is 0 Å². The van der Waals surface area contributed by atoms with Gasteiger partial charge in [-0.15, -0.1) is 11.3 Å². The first-order valence-corrected chi connectivity index (χ1v) is 8.46. The zero-order chi connectivity index (χ0) is 14.5. The number of likely N-dealkylation sites (N-methyl/N-ethyl adjacent to an activating group) is 1. The molecule has 1 heterocycles. The molecule has 0 saturated carbocycles. The van der Waals surface area contributed by atoms with E-state index in [-0.39, 0.29) is 0 Å². The molecule has 0 fully saturated rings. The number of nitrogens with zero attached hydrogens (tertiary/aromatic N) is 1. The molecule has 2 aromatic rings. The van der Waals surface area contributed by atoms with Crippen LogP contribution in [0.2, 0.25) is 0 Å². The van der Waals surface area contributed by atoms with Gasteiger partial charge in [-0.2, -0.15) is 0 Å². The summed E-state index contributed by atoms with van der Waals surface area (Å²) in [5.41, 5.74) is 2.59. The zero-order valence-electron chi connectivity index (χ0n) is 12.2. The third kappa shape index (κ3) is 4.08. The van der Waals surface area contributed by atoms with Crippen molar-refractivity contribution in [3.05, 3.63) is 50.6 Å². The van der Waals surface area contributed by atoms with Gasteiger partial charge in [-0.25, -0.2) is 0 Å². The molecule has 0 aliphatic heterocycles. The fraction of sp³-hybridized carbons (Fsp3) is 0.375. The number of halogens is 1. The average Bonchev–Trinajstić information content (AvgIpc) is 2.84. The van der Waals surface area contributed by atoms with Crippen molar-refractivity contribution in [2.24, 2.45) is 0 Å². The molecule has 108 valence electrons. The number of hydrogen-bond donors (Lipinski definition) is 1. The normalized spacial score (nSPS) is 12.4. The second kappa shape index (κ2) is 7.25. The molecule has 2 nitrogen and oxygen atoms in total. The van der Waals surface area contributed by atoms with Crippen molar-refractivity contribution in [1.82, 2.24) is 5.32 Å². The summed E-state index contributed by atoms with van der Waals surface area (Å²) < 4.78 is 1.20. The summed E-state index contributed by atoms with van der Waals surface area (Å²) in [5, 5.41) is 3.58. The summed E-state index contributed by atoms with van der Waals surface area (Å²) in [7, 11) is 4.14. The van der Waals surface area contributed by atoms with E-state index >= 15 is 0 Å². The lowest BCUT2D eigenvalue weighted by Gasteiger charge is -2.19. The molecule has 1 unspecified atom stereocenters. The molecular formula is C16H21BrN2S. The van der Waals surface area contributed by atoms with Crippen molar-refractivity contribution in [1.29, 1.82) is 0 Å². The summed E-state index contributed by atoms with van der Waals surface area (Å²) in [6.07, 6.45) is 1.03. The number of anilines is 1. The molecule has 1 aromatic carbocycles. The quantitative estimate of drug-likeness (QED) is 0.824. The van der Waals surface area contributed by atoms with Gasteiger partial charge in [-0.1, -0.05) is 19.1 Å². The van der Waals surface area contributed by atoms with E-state index in [2.05, 4.69) is 83.6 Å². The Bertz CT molecular complexity index is 534. The number of hydrogen-bond acceptors (Lipinski definition) is 3. The Hall–Kier alpha value is -0.840. The largest absolute Gasteiger partial charge is 0.378 e. The van der Waals surface area contributed by atoms with Gasteiger partial charge in [0.1, 0.15) is 0 Å². The van der Waals surface area contributed by atoms with E-state index in [1.807, 2.05) is 11.3 Å². The van der Waals surface area contributed by atoms with Gasteiger partial charge < -0.3 is 10.2 Å². The molecule has 0 aliphatic carbocycles. The highest BCUT2D eigenvalue weighted by atomic mass is 79.9. The fourth-order valence-electron chi connectivity index (χ4n) is 2.22. The van der Waals surface area contributed by atoms with Crippen LogP contribution in [0, 0.1) is 0 Å². The van der Waals surface area contributed by atoms with E-state index in [0.717, 1.165) is 13.0 Å². The average molecular weight is 353 g/mol. The molecule has 0 spiro atoms. The van der Waals surface area contributed by atoms with Gasteiger partial charge in [0, 0.05) is 37.1 Å². The highest BCUT2D eigenvalue weighted by Gasteiger charge is 2.12. The maximum absolute atomic E-state index is 3.58. The molecule has 20 heavy (non-hydrogen) atoms. The van der Waals surface area contributed by atoms with Gasteiger partial charge in [-0.05, 0) is 52.3 Å². The third-order valence-corrected chi connectivity index (χ3v) is 4.94. The predicted molar refractivity (Wildman–Crippen MR) is 92.9 cm³/mol. The molecule has 0 amide bonds. The third-order valence-electron chi connectivity index (χ3n) is 3.30. The molecule has 1 atom stereocenters. The van der Waals surface area contributed by atoms with E-state index in [1.165, 1.54) is 19.9 Å². The highest BCUT2D eigenvalue weighted by molar-refractivity contribution is 9.11. The van der Waals surface area contributed by atoms with Gasteiger partial charge in [0.05, 0.1) is 3.79 Å². The molecule has 1 aromatic heterocycles. The van der Waals surface area contributed by atoms with Gasteiger partial charge in [0.2, 0.25) is 0 Å². The van der Waals surface area contributed by atoms with E-state index < -0.39 is 0 Å². The second-order valence-corrected chi connectivity index (χ2v) is 7.55. The van der Waals surface area contributed by atoms with Crippen LogP contribution in [0.15, 0.2) is 40.2 Å². The van der Waals surface area contributed by atoms with Gasteiger partial charge in [0.15, 0.2) is 0 Å². The van der Waals surface area contributed by atoms with Crippen molar-refractivity contribution in [3.63, 3.8) is 0 Å². The second-order valence-electron chi connectivity index (χ2n) is 5.01. The van der Waals surface area contributed by atoms with E-state index in [1.54, 1.807) is 0 Å². The summed E-state index contributed by atoms with van der Waals surface area (Å²) in [5.74, 6) is 0. The van der Waals surface area contributed by atoms with Crippen molar-refractivity contribution in [2.75, 3.05) is 25.5 Å². The van der Waals surface area contributed by atoms with Crippen LogP contribution in [0.25, 0.3) is 0 Å². The van der Waals surface area contributed by atoms with Crippen LogP contribution < -0.4 is 10.2 Å². The first-order valence-electron chi connectivity index (χ1n) is 6.85. The van der Waals surface area contributed by atoms with Crippen molar-refractivity contribution in [3.8, 4) is 0 Å². The van der Waals surface area contributed by atoms with E-state index in [0.29, 0.717) is 6.04 Å². The van der Waals surface area contributed by atoms with Crippen LogP contribution in [-0.2, 0) is 6.42 Å². The first kappa shape index (κ1) is 15.5. The first-order chi connectivity index (χ1) is 9.60. The van der Waals surface area contributed by atoms with E-state index in [4.69, 9.17) is 0 Å². The van der Waals surface area contributed by atoms with Crippen molar-refractivity contribution < 1.29 is 0 Å². The Morgan fingerprint density at radius 2 is 1.85 bits per heavy atom. The summed E-state index contributed by atoms with van der Waals surface area (Å²) in [6.45, 7) is 3.14. The van der Waals surface area contributed by atoms with Gasteiger partial charge in [0.25, 0.3) is 0 Å². The van der Waals surface area contributed by atoms with Crippen LogP contribution in [0.1, 0.15) is 23.4 Å². The van der Waals surface area contributed by atoms with E-state index in [9.17, 15) is 0 Å². The maximum atomic E-state index is 3.58. The SMILES string of the molecule is CCNC(Cc1ccc(Br)s1)c1ccc(N(C)C)cc1. The molecule has 0 saturated heterocycles. The van der Waals surface area contributed by atoms with Crippen molar-refractivity contribution >= 4 is 33.0 Å². The topological polar surface area (TPSA) is 15.3 Å². The molecule has 0 radical (unpaired) electrons. The lowest BCUT2D eigenvalue weighted by atomic mass is 10.0. The number of nitrogens with one attached hydrogen (secondary N) is 1. The smallest absolute Gasteiger partial charge is 0.0701 e. The molecular weight excluding hydrogens is 332 g/mol. The minimum absolute atomic E-state index is 0.377.